The molecule has 4 aromatic rings. The van der Waals surface area contributed by atoms with E-state index in [1.807, 2.05) is 0 Å². The van der Waals surface area contributed by atoms with Gasteiger partial charge in [0.05, 0.1) is 16.3 Å². The third-order valence-electron chi connectivity index (χ3n) is 4.37. The molecule has 1 amide bonds. The Morgan fingerprint density at radius 2 is 1.83 bits per heavy atom. The number of fused-ring (bicyclic) bond motifs is 1. The molecule has 0 unspecified atom stereocenters. The molecule has 0 saturated carbocycles. The van der Waals surface area contributed by atoms with Gasteiger partial charge in [0, 0.05) is 7.05 Å². The van der Waals surface area contributed by atoms with Crippen molar-refractivity contribution in [3.8, 4) is 11.5 Å². The molecule has 0 spiro atoms. The van der Waals surface area contributed by atoms with Gasteiger partial charge >= 0.3 is 0 Å². The highest BCUT2D eigenvalue weighted by Crippen LogP contribution is 2.34. The van der Waals surface area contributed by atoms with Gasteiger partial charge in [-0.15, -0.1) is 0 Å². The van der Waals surface area contributed by atoms with Gasteiger partial charge in [0.1, 0.15) is 23.2 Å². The van der Waals surface area contributed by atoms with Crippen LogP contribution < -0.4 is 15.6 Å². The first-order valence-electron chi connectivity index (χ1n) is 8.73. The lowest BCUT2D eigenvalue weighted by molar-refractivity contribution is 0.102. The van der Waals surface area contributed by atoms with Crippen molar-refractivity contribution in [3.63, 3.8) is 0 Å². The van der Waals surface area contributed by atoms with Crippen molar-refractivity contribution in [1.82, 2.24) is 9.55 Å². The van der Waals surface area contributed by atoms with E-state index in [0.29, 0.717) is 28.0 Å². The molecule has 2 aromatic carbocycles. The summed E-state index contributed by atoms with van der Waals surface area (Å²) in [5, 5.41) is 3.37. The summed E-state index contributed by atoms with van der Waals surface area (Å²) in [6, 6.07) is 14.0. The van der Waals surface area contributed by atoms with Crippen LogP contribution in [0.4, 0.5) is 5.69 Å². The maximum absolute atomic E-state index is 13.0. The fourth-order valence-electron chi connectivity index (χ4n) is 2.95. The second kappa shape index (κ2) is 7.44. The molecule has 0 aliphatic heterocycles. The van der Waals surface area contributed by atoms with E-state index in [1.54, 1.807) is 62.5 Å². The van der Waals surface area contributed by atoms with Gasteiger partial charge in [-0.25, -0.2) is 4.98 Å². The van der Waals surface area contributed by atoms with E-state index < -0.39 is 5.91 Å². The van der Waals surface area contributed by atoms with Gasteiger partial charge in [-0.1, -0.05) is 35.9 Å². The smallest absolute Gasteiger partial charge is 0.265 e. The van der Waals surface area contributed by atoms with E-state index in [9.17, 15) is 9.59 Å². The quantitative estimate of drug-likeness (QED) is 0.535. The minimum absolute atomic E-state index is 0.122. The maximum atomic E-state index is 13.0. The largest absolute Gasteiger partial charge is 0.454 e. The molecule has 4 rings (SSSR count). The predicted molar refractivity (Wildman–Crippen MR) is 110 cm³/mol. The summed E-state index contributed by atoms with van der Waals surface area (Å²) < 4.78 is 12.7. The fourth-order valence-corrected chi connectivity index (χ4v) is 3.12. The number of aromatic nitrogens is 2. The van der Waals surface area contributed by atoms with E-state index in [0.717, 1.165) is 0 Å². The van der Waals surface area contributed by atoms with Crippen LogP contribution in [-0.2, 0) is 7.05 Å². The zero-order chi connectivity index (χ0) is 20.5. The van der Waals surface area contributed by atoms with Crippen molar-refractivity contribution in [3.05, 3.63) is 81.6 Å². The number of amides is 1. The van der Waals surface area contributed by atoms with E-state index in [2.05, 4.69) is 10.3 Å². The first-order valence-corrected chi connectivity index (χ1v) is 9.11. The van der Waals surface area contributed by atoms with Crippen molar-refractivity contribution in [2.75, 3.05) is 5.32 Å². The van der Waals surface area contributed by atoms with Gasteiger partial charge in [-0.3, -0.25) is 9.59 Å². The van der Waals surface area contributed by atoms with Gasteiger partial charge in [0.25, 0.3) is 11.5 Å². The molecule has 0 saturated heterocycles. The van der Waals surface area contributed by atoms with Crippen LogP contribution in [-0.4, -0.2) is 15.5 Å². The normalized spacial score (nSPS) is 10.9. The topological polar surface area (TPSA) is 86.4 Å². The summed E-state index contributed by atoms with van der Waals surface area (Å²) in [5.74, 6) is 0.670. The van der Waals surface area contributed by atoms with Crippen LogP contribution in [0.25, 0.3) is 11.1 Å². The summed E-state index contributed by atoms with van der Waals surface area (Å²) in [6.45, 7) is 1.61. The van der Waals surface area contributed by atoms with Crippen molar-refractivity contribution >= 4 is 34.3 Å². The summed E-state index contributed by atoms with van der Waals surface area (Å²) in [5.41, 5.74) is 0.321. The van der Waals surface area contributed by atoms with Gasteiger partial charge in [0.2, 0.25) is 5.71 Å². The van der Waals surface area contributed by atoms with Crippen molar-refractivity contribution < 1.29 is 13.9 Å². The molecule has 29 heavy (non-hydrogen) atoms. The van der Waals surface area contributed by atoms with Gasteiger partial charge < -0.3 is 19.0 Å². The SMILES string of the molecule is Cc1oc2ncn(C)c(=O)c2c1C(=O)Nc1ccccc1Oc1ccccc1Cl. The van der Waals surface area contributed by atoms with Gasteiger partial charge in [0.15, 0.2) is 5.75 Å². The second-order valence-corrected chi connectivity index (χ2v) is 6.76. The van der Waals surface area contributed by atoms with Crippen LogP contribution in [0.5, 0.6) is 11.5 Å². The molecule has 2 heterocycles. The monoisotopic (exact) mass is 409 g/mol. The number of hydrogen-bond donors (Lipinski definition) is 1. The molecule has 0 aliphatic rings. The Bertz CT molecular complexity index is 1290. The number of ether oxygens (including phenoxy) is 1. The molecule has 2 aromatic heterocycles. The highest BCUT2D eigenvalue weighted by molar-refractivity contribution is 6.32. The van der Waals surface area contributed by atoms with Crippen LogP contribution in [0.2, 0.25) is 5.02 Å². The second-order valence-electron chi connectivity index (χ2n) is 6.36. The van der Waals surface area contributed by atoms with Crippen molar-refractivity contribution in [2.24, 2.45) is 7.05 Å². The molecule has 0 radical (unpaired) electrons. The summed E-state index contributed by atoms with van der Waals surface area (Å²) in [7, 11) is 1.56. The number of anilines is 1. The van der Waals surface area contributed by atoms with Gasteiger partial charge in [-0.2, -0.15) is 0 Å². The number of carbonyl (C=O) groups is 1. The molecular weight excluding hydrogens is 394 g/mol. The number of hydrogen-bond acceptors (Lipinski definition) is 5. The number of nitrogens with zero attached hydrogens (tertiary/aromatic N) is 2. The molecule has 0 bridgehead atoms. The average Bonchev–Trinajstić information content (AvgIpc) is 3.05. The van der Waals surface area contributed by atoms with Crippen LogP contribution in [0.3, 0.4) is 0 Å². The number of halogens is 1. The number of aryl methyl sites for hydroxylation is 2. The third kappa shape index (κ3) is 3.48. The molecular formula is C21H16ClN3O4. The third-order valence-corrected chi connectivity index (χ3v) is 4.68. The molecule has 146 valence electrons. The minimum atomic E-state index is -0.499. The number of para-hydroxylation sites is 3. The van der Waals surface area contributed by atoms with Gasteiger partial charge in [-0.05, 0) is 31.2 Å². The number of benzene rings is 2. The first-order chi connectivity index (χ1) is 14.0. The number of carbonyl (C=O) groups excluding carboxylic acids is 1. The van der Waals surface area contributed by atoms with Crippen molar-refractivity contribution in [2.45, 2.75) is 6.92 Å². The number of rotatable bonds is 4. The summed E-state index contributed by atoms with van der Waals surface area (Å²) in [6.07, 6.45) is 1.35. The standard InChI is InChI=1S/C21H16ClN3O4/c1-12-17(18-20(28-12)23-11-25(2)21(18)27)19(26)24-14-8-4-6-10-16(14)29-15-9-5-3-7-13(15)22/h3-11H,1-2H3,(H,24,26). The maximum Gasteiger partial charge on any atom is 0.265 e. The zero-order valence-electron chi connectivity index (χ0n) is 15.6. The molecule has 0 atom stereocenters. The molecule has 0 fully saturated rings. The number of nitrogens with one attached hydrogen (secondary N) is 1. The lowest BCUT2D eigenvalue weighted by atomic mass is 10.1. The number of furan rings is 1. The zero-order valence-corrected chi connectivity index (χ0v) is 16.4. The highest BCUT2D eigenvalue weighted by atomic mass is 35.5. The van der Waals surface area contributed by atoms with Crippen LogP contribution in [0.15, 0.2) is 64.1 Å². The Balaban J connectivity index is 1.71. The molecule has 1 N–H and O–H groups in total. The Morgan fingerprint density at radius 1 is 1.14 bits per heavy atom. The summed E-state index contributed by atoms with van der Waals surface area (Å²) in [4.78, 5) is 29.6. The molecule has 8 heteroatoms. The van der Waals surface area contributed by atoms with Crippen LogP contribution >= 0.6 is 11.6 Å². The van der Waals surface area contributed by atoms with Crippen LogP contribution in [0, 0.1) is 6.92 Å². The minimum Gasteiger partial charge on any atom is -0.454 e. The fraction of sp³-hybridized carbons (Fsp3) is 0.0952. The Hall–Kier alpha value is -3.58. The van der Waals surface area contributed by atoms with Crippen LogP contribution in [0.1, 0.15) is 16.1 Å². The van der Waals surface area contributed by atoms with E-state index in [-0.39, 0.29) is 22.2 Å². The average molecular weight is 410 g/mol. The Labute approximate surface area is 170 Å². The van der Waals surface area contributed by atoms with E-state index in [4.69, 9.17) is 20.8 Å². The van der Waals surface area contributed by atoms with E-state index in [1.165, 1.54) is 10.9 Å². The lowest BCUT2D eigenvalue weighted by Gasteiger charge is -2.13. The highest BCUT2D eigenvalue weighted by Gasteiger charge is 2.23. The lowest BCUT2D eigenvalue weighted by Crippen LogP contribution is -2.20. The molecule has 7 nitrogen and oxygen atoms in total. The predicted octanol–water partition coefficient (Wildman–Crippen LogP) is 4.53. The first kappa shape index (κ1) is 18.8. The molecule has 0 aliphatic carbocycles. The van der Waals surface area contributed by atoms with E-state index >= 15 is 0 Å². The summed E-state index contributed by atoms with van der Waals surface area (Å²) >= 11 is 6.16. The van der Waals surface area contributed by atoms with Crippen molar-refractivity contribution in [1.29, 1.82) is 0 Å². The Morgan fingerprint density at radius 3 is 2.59 bits per heavy atom. The Kier molecular flexibility index (Phi) is 4.82.